The summed E-state index contributed by atoms with van der Waals surface area (Å²) in [6, 6.07) is 15.5. The summed E-state index contributed by atoms with van der Waals surface area (Å²) in [5, 5.41) is 7.23. The number of likely N-dealkylation sites (tertiary alicyclic amines) is 2. The second-order valence-electron chi connectivity index (χ2n) is 9.40. The molecule has 0 spiro atoms. The van der Waals surface area contributed by atoms with E-state index in [9.17, 15) is 0 Å². The number of pyridine rings is 1. The predicted molar refractivity (Wildman–Crippen MR) is 151 cm³/mol. The molecule has 2 fully saturated rings. The maximum absolute atomic E-state index is 4.50. The molecule has 6 nitrogen and oxygen atoms in total. The predicted octanol–water partition coefficient (Wildman–Crippen LogP) is 4.41. The molecule has 4 rings (SSSR count). The van der Waals surface area contributed by atoms with Gasteiger partial charge in [0, 0.05) is 52.0 Å². The fourth-order valence-electron chi connectivity index (χ4n) is 4.94. The number of hydrogen-bond donors (Lipinski definition) is 2. The monoisotopic (exact) mass is 576 g/mol. The Morgan fingerprint density at radius 3 is 2.24 bits per heavy atom. The topological polar surface area (TPSA) is 55.8 Å². The number of hydrogen-bond acceptors (Lipinski definition) is 4. The van der Waals surface area contributed by atoms with Crippen molar-refractivity contribution >= 4 is 29.9 Å². The molecule has 1 aromatic carbocycles. The van der Waals surface area contributed by atoms with Gasteiger partial charge in [-0.15, -0.1) is 24.0 Å². The van der Waals surface area contributed by atoms with Crippen LogP contribution in [-0.4, -0.2) is 60.0 Å². The van der Waals surface area contributed by atoms with E-state index in [4.69, 9.17) is 0 Å². The molecule has 2 N–H and O–H groups in total. The van der Waals surface area contributed by atoms with Gasteiger partial charge in [0.15, 0.2) is 5.96 Å². The number of guanidine groups is 1. The van der Waals surface area contributed by atoms with E-state index in [0.29, 0.717) is 6.04 Å². The molecule has 0 bridgehead atoms. The first-order chi connectivity index (χ1) is 16.3. The highest BCUT2D eigenvalue weighted by atomic mass is 127. The molecule has 7 heteroatoms. The normalized spacial score (nSPS) is 18.7. The lowest BCUT2D eigenvalue weighted by molar-refractivity contribution is 0.196. The van der Waals surface area contributed by atoms with Crippen LogP contribution in [0.1, 0.15) is 55.3 Å². The van der Waals surface area contributed by atoms with E-state index in [1.54, 1.807) is 0 Å². The van der Waals surface area contributed by atoms with Crippen LogP contribution >= 0.6 is 24.0 Å². The third kappa shape index (κ3) is 8.50. The van der Waals surface area contributed by atoms with Crippen molar-refractivity contribution in [2.75, 3.05) is 33.2 Å². The molecule has 1 aromatic heterocycles. The Morgan fingerprint density at radius 1 is 0.882 bits per heavy atom. The summed E-state index contributed by atoms with van der Waals surface area (Å²) < 4.78 is 0. The van der Waals surface area contributed by atoms with Crippen molar-refractivity contribution in [3.05, 3.63) is 65.5 Å². The lowest BCUT2D eigenvalue weighted by Gasteiger charge is -2.33. The number of aromatic nitrogens is 1. The summed E-state index contributed by atoms with van der Waals surface area (Å²) in [7, 11) is 1.87. The number of nitrogens with one attached hydrogen (secondary N) is 2. The van der Waals surface area contributed by atoms with Crippen LogP contribution < -0.4 is 10.6 Å². The van der Waals surface area contributed by atoms with Crippen LogP contribution in [0.2, 0.25) is 0 Å². The summed E-state index contributed by atoms with van der Waals surface area (Å²) in [6.45, 7) is 7.43. The number of piperidine rings is 1. The second-order valence-corrected chi connectivity index (χ2v) is 9.40. The van der Waals surface area contributed by atoms with Gasteiger partial charge in [0.25, 0.3) is 0 Å². The summed E-state index contributed by atoms with van der Waals surface area (Å²) in [5.41, 5.74) is 3.96. The number of nitrogens with zero attached hydrogens (tertiary/aromatic N) is 4. The molecule has 0 aliphatic carbocycles. The van der Waals surface area contributed by atoms with Gasteiger partial charge in [0.05, 0.1) is 5.69 Å². The number of aliphatic imine (C=N–C) groups is 1. The Morgan fingerprint density at radius 2 is 1.56 bits per heavy atom. The van der Waals surface area contributed by atoms with Gasteiger partial charge < -0.3 is 10.6 Å². The van der Waals surface area contributed by atoms with Crippen LogP contribution in [0.3, 0.4) is 0 Å². The van der Waals surface area contributed by atoms with Gasteiger partial charge in [0.2, 0.25) is 0 Å². The fourth-order valence-corrected chi connectivity index (χ4v) is 4.94. The van der Waals surface area contributed by atoms with Crippen molar-refractivity contribution in [2.24, 2.45) is 4.99 Å². The van der Waals surface area contributed by atoms with Crippen LogP contribution in [0.25, 0.3) is 0 Å². The van der Waals surface area contributed by atoms with E-state index in [0.717, 1.165) is 57.2 Å². The quantitative estimate of drug-likeness (QED) is 0.291. The lowest BCUT2D eigenvalue weighted by atomic mass is 10.0. The molecule has 0 radical (unpaired) electrons. The van der Waals surface area contributed by atoms with E-state index in [2.05, 4.69) is 66.8 Å². The van der Waals surface area contributed by atoms with Crippen LogP contribution in [0.5, 0.6) is 0 Å². The summed E-state index contributed by atoms with van der Waals surface area (Å²) >= 11 is 0. The first-order valence-electron chi connectivity index (χ1n) is 12.7. The van der Waals surface area contributed by atoms with Crippen molar-refractivity contribution in [1.29, 1.82) is 0 Å². The van der Waals surface area contributed by atoms with Crippen molar-refractivity contribution < 1.29 is 0 Å². The van der Waals surface area contributed by atoms with Gasteiger partial charge in [0.1, 0.15) is 0 Å². The standard InChI is InChI=1S/C27H40N6.HI/c1-28-27(31-25-13-18-33(19-14-25)22-26-12-6-7-15-29-26)30-20-23-10-4-5-11-24(23)21-32-16-8-2-3-9-17-32;/h4-7,10-12,15,25H,2-3,8-9,13-14,16-22H2,1H3,(H2,28,30,31);1H. The third-order valence-corrected chi connectivity index (χ3v) is 6.92. The van der Waals surface area contributed by atoms with E-state index >= 15 is 0 Å². The van der Waals surface area contributed by atoms with Gasteiger partial charge in [-0.2, -0.15) is 0 Å². The van der Waals surface area contributed by atoms with Crippen molar-refractivity contribution in [1.82, 2.24) is 25.4 Å². The van der Waals surface area contributed by atoms with Gasteiger partial charge >= 0.3 is 0 Å². The molecule has 0 amide bonds. The third-order valence-electron chi connectivity index (χ3n) is 6.92. The van der Waals surface area contributed by atoms with Crippen molar-refractivity contribution in [3.63, 3.8) is 0 Å². The minimum Gasteiger partial charge on any atom is -0.354 e. The Hall–Kier alpha value is -1.71. The number of halogens is 1. The summed E-state index contributed by atoms with van der Waals surface area (Å²) in [6.07, 6.45) is 9.55. The molecular formula is C27H41IN6. The average Bonchev–Trinajstić information content (AvgIpc) is 3.13. The molecule has 3 heterocycles. The minimum absolute atomic E-state index is 0. The maximum atomic E-state index is 4.50. The molecule has 2 aromatic rings. The van der Waals surface area contributed by atoms with E-state index in [1.165, 1.54) is 49.9 Å². The number of rotatable bonds is 7. The highest BCUT2D eigenvalue weighted by Gasteiger charge is 2.20. The van der Waals surface area contributed by atoms with Crippen molar-refractivity contribution in [2.45, 2.75) is 64.2 Å². The minimum atomic E-state index is 0. The molecule has 2 saturated heterocycles. The van der Waals surface area contributed by atoms with Crippen LogP contribution in [0.15, 0.2) is 53.7 Å². The highest BCUT2D eigenvalue weighted by molar-refractivity contribution is 14.0. The molecule has 34 heavy (non-hydrogen) atoms. The van der Waals surface area contributed by atoms with E-state index < -0.39 is 0 Å². The molecule has 0 atom stereocenters. The summed E-state index contributed by atoms with van der Waals surface area (Å²) in [5.74, 6) is 0.905. The average molecular weight is 577 g/mol. The highest BCUT2D eigenvalue weighted by Crippen LogP contribution is 2.17. The molecule has 0 saturated carbocycles. The van der Waals surface area contributed by atoms with Gasteiger partial charge in [-0.3, -0.25) is 19.8 Å². The van der Waals surface area contributed by atoms with Gasteiger partial charge in [-0.25, -0.2) is 0 Å². The lowest BCUT2D eigenvalue weighted by Crippen LogP contribution is -2.48. The first-order valence-corrected chi connectivity index (χ1v) is 12.7. The number of benzene rings is 1. The Balaban J connectivity index is 0.00000324. The maximum Gasteiger partial charge on any atom is 0.191 e. The van der Waals surface area contributed by atoms with Gasteiger partial charge in [-0.1, -0.05) is 43.2 Å². The van der Waals surface area contributed by atoms with Crippen molar-refractivity contribution in [3.8, 4) is 0 Å². The molecule has 2 aliphatic heterocycles. The van der Waals surface area contributed by atoms with Crippen LogP contribution in [-0.2, 0) is 19.6 Å². The first kappa shape index (κ1) is 26.9. The molecule has 2 aliphatic rings. The van der Waals surface area contributed by atoms with E-state index in [-0.39, 0.29) is 24.0 Å². The van der Waals surface area contributed by atoms with E-state index in [1.807, 2.05) is 19.3 Å². The Labute approximate surface area is 222 Å². The second kappa shape index (κ2) is 14.6. The fraction of sp³-hybridized carbons (Fsp3) is 0.556. The Kier molecular flexibility index (Phi) is 11.6. The largest absolute Gasteiger partial charge is 0.354 e. The van der Waals surface area contributed by atoms with Crippen LogP contribution in [0.4, 0.5) is 0 Å². The Bertz CT molecular complexity index is 858. The SMILES string of the molecule is CN=C(NCc1ccccc1CN1CCCCCC1)NC1CCN(Cc2ccccn2)CC1.I. The molecule has 186 valence electrons. The molecular weight excluding hydrogens is 535 g/mol. The zero-order valence-corrected chi connectivity index (χ0v) is 22.9. The zero-order valence-electron chi connectivity index (χ0n) is 20.6. The molecule has 0 unspecified atom stereocenters. The van der Waals surface area contributed by atoms with Gasteiger partial charge in [-0.05, 0) is 62.0 Å². The van der Waals surface area contributed by atoms with Crippen LogP contribution in [0, 0.1) is 0 Å². The summed E-state index contributed by atoms with van der Waals surface area (Å²) in [4.78, 5) is 14.1. The smallest absolute Gasteiger partial charge is 0.191 e. The zero-order chi connectivity index (χ0) is 22.7.